The Bertz CT molecular complexity index is 228. The highest BCUT2D eigenvalue weighted by Crippen LogP contribution is 2.09. The molecule has 0 aliphatic heterocycles. The fourth-order valence-electron chi connectivity index (χ4n) is 1.10. The second kappa shape index (κ2) is 5.60. The van der Waals surface area contributed by atoms with Crippen molar-refractivity contribution in [3.8, 4) is 5.75 Å². The standard InChI is InChI=1S/C11H16O2/c1-2-8-13-9-7-10-3-5-11(12)6-4-10/h3-6,12H,2,7-9H2,1H3. The third kappa shape index (κ3) is 3.95. The summed E-state index contributed by atoms with van der Waals surface area (Å²) in [4.78, 5) is 0. The number of aromatic hydroxyl groups is 1. The molecule has 0 bridgehead atoms. The van der Waals surface area contributed by atoms with Gasteiger partial charge in [-0.1, -0.05) is 19.1 Å². The Morgan fingerprint density at radius 2 is 1.85 bits per heavy atom. The maximum atomic E-state index is 9.04. The number of hydrogen-bond donors (Lipinski definition) is 1. The predicted octanol–water partition coefficient (Wildman–Crippen LogP) is 2.36. The Balaban J connectivity index is 2.25. The monoisotopic (exact) mass is 180 g/mol. The zero-order valence-electron chi connectivity index (χ0n) is 7.99. The summed E-state index contributed by atoms with van der Waals surface area (Å²) in [5, 5.41) is 9.04. The van der Waals surface area contributed by atoms with Gasteiger partial charge in [-0.15, -0.1) is 0 Å². The highest BCUT2D eigenvalue weighted by molar-refractivity contribution is 5.25. The zero-order valence-corrected chi connectivity index (χ0v) is 7.99. The third-order valence-electron chi connectivity index (χ3n) is 1.82. The van der Waals surface area contributed by atoms with Gasteiger partial charge in [0.15, 0.2) is 0 Å². The molecule has 1 rings (SSSR count). The van der Waals surface area contributed by atoms with E-state index in [1.54, 1.807) is 12.1 Å². The summed E-state index contributed by atoms with van der Waals surface area (Å²) in [5.74, 6) is 0.318. The van der Waals surface area contributed by atoms with E-state index in [1.165, 1.54) is 5.56 Å². The van der Waals surface area contributed by atoms with Crippen LogP contribution in [0.25, 0.3) is 0 Å². The topological polar surface area (TPSA) is 29.5 Å². The molecule has 13 heavy (non-hydrogen) atoms. The molecular weight excluding hydrogens is 164 g/mol. The molecule has 0 fully saturated rings. The molecule has 1 N–H and O–H groups in total. The van der Waals surface area contributed by atoms with Gasteiger partial charge < -0.3 is 9.84 Å². The molecule has 1 aromatic rings. The summed E-state index contributed by atoms with van der Waals surface area (Å²) in [6.45, 7) is 3.69. The van der Waals surface area contributed by atoms with Crippen LogP contribution in [0.15, 0.2) is 24.3 Å². The largest absolute Gasteiger partial charge is 0.508 e. The zero-order chi connectivity index (χ0) is 9.52. The van der Waals surface area contributed by atoms with Crippen molar-refractivity contribution in [3.63, 3.8) is 0 Å². The molecule has 2 nitrogen and oxygen atoms in total. The summed E-state index contributed by atoms with van der Waals surface area (Å²) >= 11 is 0. The molecule has 0 aliphatic rings. The lowest BCUT2D eigenvalue weighted by molar-refractivity contribution is 0.138. The van der Waals surface area contributed by atoms with E-state index in [0.717, 1.165) is 26.1 Å². The number of hydrogen-bond acceptors (Lipinski definition) is 2. The fraction of sp³-hybridized carbons (Fsp3) is 0.455. The Labute approximate surface area is 79.2 Å². The van der Waals surface area contributed by atoms with Crippen LogP contribution in [0.2, 0.25) is 0 Å². The lowest BCUT2D eigenvalue weighted by atomic mass is 10.1. The molecule has 0 heterocycles. The lowest BCUT2D eigenvalue weighted by Gasteiger charge is -2.02. The molecule has 0 saturated carbocycles. The van der Waals surface area contributed by atoms with Crippen LogP contribution in [0.5, 0.6) is 5.75 Å². The van der Waals surface area contributed by atoms with Crippen molar-refractivity contribution in [3.05, 3.63) is 29.8 Å². The van der Waals surface area contributed by atoms with Crippen molar-refractivity contribution in [1.29, 1.82) is 0 Å². The van der Waals surface area contributed by atoms with Crippen LogP contribution in [-0.2, 0) is 11.2 Å². The van der Waals surface area contributed by atoms with Crippen molar-refractivity contribution in [1.82, 2.24) is 0 Å². The normalized spacial score (nSPS) is 10.2. The van der Waals surface area contributed by atoms with E-state index < -0.39 is 0 Å². The Hall–Kier alpha value is -1.02. The van der Waals surface area contributed by atoms with Gasteiger partial charge in [-0.25, -0.2) is 0 Å². The van der Waals surface area contributed by atoms with E-state index in [1.807, 2.05) is 12.1 Å². The number of phenolic OH excluding ortho intramolecular Hbond substituents is 1. The smallest absolute Gasteiger partial charge is 0.115 e. The minimum atomic E-state index is 0.318. The van der Waals surface area contributed by atoms with Crippen LogP contribution in [-0.4, -0.2) is 18.3 Å². The Kier molecular flexibility index (Phi) is 4.33. The van der Waals surface area contributed by atoms with Crippen LogP contribution in [0, 0.1) is 0 Å². The molecule has 0 radical (unpaired) electrons. The Morgan fingerprint density at radius 1 is 1.15 bits per heavy atom. The first kappa shape index (κ1) is 10.1. The summed E-state index contributed by atoms with van der Waals surface area (Å²) in [7, 11) is 0. The van der Waals surface area contributed by atoms with Crippen LogP contribution in [0.4, 0.5) is 0 Å². The maximum absolute atomic E-state index is 9.04. The van der Waals surface area contributed by atoms with E-state index in [4.69, 9.17) is 9.84 Å². The molecule has 0 unspecified atom stereocenters. The first-order chi connectivity index (χ1) is 6.33. The molecular formula is C11H16O2. The third-order valence-corrected chi connectivity index (χ3v) is 1.82. The van der Waals surface area contributed by atoms with E-state index >= 15 is 0 Å². The first-order valence-corrected chi connectivity index (χ1v) is 4.68. The molecule has 0 aliphatic carbocycles. The van der Waals surface area contributed by atoms with E-state index in [9.17, 15) is 0 Å². The van der Waals surface area contributed by atoms with Gasteiger partial charge >= 0.3 is 0 Å². The van der Waals surface area contributed by atoms with Gasteiger partial charge in [0.25, 0.3) is 0 Å². The van der Waals surface area contributed by atoms with Crippen molar-refractivity contribution >= 4 is 0 Å². The van der Waals surface area contributed by atoms with Gasteiger partial charge in [0.1, 0.15) is 5.75 Å². The van der Waals surface area contributed by atoms with Gasteiger partial charge in [-0.2, -0.15) is 0 Å². The molecule has 72 valence electrons. The van der Waals surface area contributed by atoms with Crippen LogP contribution in [0.3, 0.4) is 0 Å². The van der Waals surface area contributed by atoms with Gasteiger partial charge in [0.05, 0.1) is 6.61 Å². The summed E-state index contributed by atoms with van der Waals surface area (Å²) < 4.78 is 5.35. The minimum absolute atomic E-state index is 0.318. The average Bonchev–Trinajstić information content (AvgIpc) is 2.15. The fourth-order valence-corrected chi connectivity index (χ4v) is 1.10. The van der Waals surface area contributed by atoms with Crippen molar-refractivity contribution in [2.75, 3.05) is 13.2 Å². The summed E-state index contributed by atoms with van der Waals surface area (Å²) in [6.07, 6.45) is 1.98. The summed E-state index contributed by atoms with van der Waals surface area (Å²) in [5.41, 5.74) is 1.20. The van der Waals surface area contributed by atoms with Gasteiger partial charge in [0, 0.05) is 6.61 Å². The lowest BCUT2D eigenvalue weighted by Crippen LogP contribution is -1.98. The Morgan fingerprint density at radius 3 is 2.46 bits per heavy atom. The number of benzene rings is 1. The van der Waals surface area contributed by atoms with Gasteiger partial charge in [-0.05, 0) is 30.5 Å². The average molecular weight is 180 g/mol. The summed E-state index contributed by atoms with van der Waals surface area (Å²) in [6, 6.07) is 7.25. The minimum Gasteiger partial charge on any atom is -0.508 e. The second-order valence-corrected chi connectivity index (χ2v) is 3.03. The van der Waals surface area contributed by atoms with Crippen LogP contribution >= 0.6 is 0 Å². The molecule has 2 heteroatoms. The highest BCUT2D eigenvalue weighted by atomic mass is 16.5. The SMILES string of the molecule is CCCOCCc1ccc(O)cc1. The molecule has 0 atom stereocenters. The van der Waals surface area contributed by atoms with Crippen molar-refractivity contribution in [2.24, 2.45) is 0 Å². The van der Waals surface area contributed by atoms with E-state index in [0.29, 0.717) is 5.75 Å². The maximum Gasteiger partial charge on any atom is 0.115 e. The van der Waals surface area contributed by atoms with Crippen LogP contribution < -0.4 is 0 Å². The quantitative estimate of drug-likeness (QED) is 0.705. The number of rotatable bonds is 5. The molecule has 0 aromatic heterocycles. The number of ether oxygens (including phenoxy) is 1. The second-order valence-electron chi connectivity index (χ2n) is 3.03. The molecule has 1 aromatic carbocycles. The van der Waals surface area contributed by atoms with Gasteiger partial charge in [0.2, 0.25) is 0 Å². The van der Waals surface area contributed by atoms with Crippen molar-refractivity contribution in [2.45, 2.75) is 19.8 Å². The van der Waals surface area contributed by atoms with Gasteiger partial charge in [-0.3, -0.25) is 0 Å². The molecule has 0 spiro atoms. The molecule has 0 amide bonds. The highest BCUT2D eigenvalue weighted by Gasteiger charge is 1.93. The van der Waals surface area contributed by atoms with E-state index in [-0.39, 0.29) is 0 Å². The number of phenols is 1. The first-order valence-electron chi connectivity index (χ1n) is 4.68. The molecule has 0 saturated heterocycles. The van der Waals surface area contributed by atoms with Crippen LogP contribution in [0.1, 0.15) is 18.9 Å². The predicted molar refractivity (Wildman–Crippen MR) is 52.9 cm³/mol. The van der Waals surface area contributed by atoms with Crippen molar-refractivity contribution < 1.29 is 9.84 Å². The van der Waals surface area contributed by atoms with E-state index in [2.05, 4.69) is 6.92 Å².